The lowest BCUT2D eigenvalue weighted by Gasteiger charge is -2.38. The molecule has 0 aromatic heterocycles. The number of aliphatic hydroxyl groups is 1. The number of fused-ring (bicyclic) bond motifs is 2. The Bertz CT molecular complexity index is 554. The molecule has 0 aromatic rings. The lowest BCUT2D eigenvalue weighted by Crippen LogP contribution is -2.41. The second-order valence-electron chi connectivity index (χ2n) is 8.41. The molecule has 2 bridgehead atoms. The van der Waals surface area contributed by atoms with E-state index in [4.69, 9.17) is 9.47 Å². The van der Waals surface area contributed by atoms with Gasteiger partial charge in [-0.2, -0.15) is 0 Å². The maximum atomic E-state index is 13.0. The van der Waals surface area contributed by atoms with Crippen molar-refractivity contribution in [2.24, 2.45) is 41.4 Å². The molecule has 0 unspecified atom stereocenters. The van der Waals surface area contributed by atoms with Crippen molar-refractivity contribution < 1.29 is 24.2 Å². The molecule has 0 aromatic carbocycles. The number of hydrogen-bond donors (Lipinski definition) is 1. The molecule has 0 spiro atoms. The van der Waals surface area contributed by atoms with E-state index in [9.17, 15) is 14.7 Å². The zero-order valence-electron chi connectivity index (χ0n) is 15.6. The molecule has 3 aliphatic rings. The van der Waals surface area contributed by atoms with E-state index >= 15 is 0 Å². The van der Waals surface area contributed by atoms with Gasteiger partial charge in [0, 0.05) is 11.8 Å². The van der Waals surface area contributed by atoms with E-state index in [1.807, 2.05) is 12.2 Å². The molecule has 3 rings (SSSR count). The number of carbonyl (C=O) groups excluding carboxylic acids is 2. The Morgan fingerprint density at radius 1 is 1.08 bits per heavy atom. The Labute approximate surface area is 149 Å². The smallest absolute Gasteiger partial charge is 0.310 e. The van der Waals surface area contributed by atoms with Crippen molar-refractivity contribution in [3.8, 4) is 0 Å². The van der Waals surface area contributed by atoms with Crippen LogP contribution < -0.4 is 0 Å². The fourth-order valence-electron chi connectivity index (χ4n) is 5.11. The molecule has 0 aliphatic heterocycles. The largest absolute Gasteiger partial charge is 0.469 e. The SMILES string of the molecule is COC(=O)[C@H]1[C@@H]2C=C[C@@H]([C@H]2O)[C@@H]1C(=O)O[C@@H]1C[C@H](C)CC[C@H]1C(C)C. The average Bonchev–Trinajstić information content (AvgIpc) is 3.06. The van der Waals surface area contributed by atoms with E-state index < -0.39 is 23.9 Å². The van der Waals surface area contributed by atoms with E-state index in [2.05, 4.69) is 20.8 Å². The van der Waals surface area contributed by atoms with Gasteiger partial charge >= 0.3 is 11.9 Å². The van der Waals surface area contributed by atoms with E-state index in [0.29, 0.717) is 17.8 Å². The summed E-state index contributed by atoms with van der Waals surface area (Å²) in [4.78, 5) is 25.2. The molecule has 5 nitrogen and oxygen atoms in total. The molecule has 0 radical (unpaired) electrons. The molecule has 140 valence electrons. The van der Waals surface area contributed by atoms with Crippen LogP contribution in [-0.4, -0.2) is 36.4 Å². The summed E-state index contributed by atoms with van der Waals surface area (Å²) in [6.45, 7) is 6.53. The number of ether oxygens (including phenoxy) is 2. The molecular formula is C20H30O5. The van der Waals surface area contributed by atoms with Crippen molar-refractivity contribution in [2.75, 3.05) is 7.11 Å². The minimum absolute atomic E-state index is 0.102. The normalized spacial score (nSPS) is 42.6. The highest BCUT2D eigenvalue weighted by molar-refractivity contribution is 5.85. The van der Waals surface area contributed by atoms with Crippen LogP contribution in [0.1, 0.15) is 40.0 Å². The third-order valence-corrected chi connectivity index (χ3v) is 6.53. The first-order chi connectivity index (χ1) is 11.8. The minimum Gasteiger partial charge on any atom is -0.469 e. The molecule has 2 fully saturated rings. The van der Waals surface area contributed by atoms with E-state index in [1.165, 1.54) is 7.11 Å². The van der Waals surface area contributed by atoms with Gasteiger partial charge in [0.15, 0.2) is 0 Å². The number of esters is 2. The molecule has 8 atom stereocenters. The zero-order valence-corrected chi connectivity index (χ0v) is 15.6. The highest BCUT2D eigenvalue weighted by atomic mass is 16.5. The predicted molar refractivity (Wildman–Crippen MR) is 92.3 cm³/mol. The number of carbonyl (C=O) groups is 2. The van der Waals surface area contributed by atoms with Gasteiger partial charge in [0.2, 0.25) is 0 Å². The van der Waals surface area contributed by atoms with Crippen molar-refractivity contribution in [1.82, 2.24) is 0 Å². The molecule has 1 N–H and O–H groups in total. The second-order valence-corrected chi connectivity index (χ2v) is 8.41. The Morgan fingerprint density at radius 2 is 1.68 bits per heavy atom. The molecule has 2 saturated carbocycles. The van der Waals surface area contributed by atoms with Crippen LogP contribution in [0.3, 0.4) is 0 Å². The van der Waals surface area contributed by atoms with Crippen LogP contribution in [0.2, 0.25) is 0 Å². The fourth-order valence-corrected chi connectivity index (χ4v) is 5.11. The average molecular weight is 350 g/mol. The van der Waals surface area contributed by atoms with Crippen LogP contribution >= 0.6 is 0 Å². The first-order valence-corrected chi connectivity index (χ1v) is 9.49. The molecule has 0 heterocycles. The Morgan fingerprint density at radius 3 is 2.24 bits per heavy atom. The topological polar surface area (TPSA) is 72.8 Å². The molecule has 5 heteroatoms. The number of hydrogen-bond acceptors (Lipinski definition) is 5. The van der Waals surface area contributed by atoms with Gasteiger partial charge in [-0.15, -0.1) is 0 Å². The van der Waals surface area contributed by atoms with Gasteiger partial charge in [0.25, 0.3) is 0 Å². The van der Waals surface area contributed by atoms with Gasteiger partial charge in [0.05, 0.1) is 25.0 Å². The zero-order chi connectivity index (χ0) is 18.3. The molecule has 25 heavy (non-hydrogen) atoms. The van der Waals surface area contributed by atoms with Gasteiger partial charge in [0.1, 0.15) is 6.10 Å². The maximum Gasteiger partial charge on any atom is 0.310 e. The number of rotatable bonds is 4. The first kappa shape index (κ1) is 18.4. The summed E-state index contributed by atoms with van der Waals surface area (Å²) in [5.74, 6) is -1.41. The van der Waals surface area contributed by atoms with Crippen molar-refractivity contribution in [2.45, 2.75) is 52.2 Å². The van der Waals surface area contributed by atoms with Crippen molar-refractivity contribution >= 4 is 11.9 Å². The van der Waals surface area contributed by atoms with Gasteiger partial charge in [-0.3, -0.25) is 9.59 Å². The van der Waals surface area contributed by atoms with E-state index in [0.717, 1.165) is 19.3 Å². The standard InChI is InChI=1S/C20H30O5/c1-10(2)12-6-5-11(3)9-15(12)25-20(23)17-14-8-7-13(18(14)21)16(17)19(22)24-4/h7-8,10-18,21H,5-6,9H2,1-4H3/t11-,12+,13+,14-,15-,16+,17+,18+/m1/s1. The third kappa shape index (κ3) is 3.23. The summed E-state index contributed by atoms with van der Waals surface area (Å²) in [6.07, 6.45) is 5.98. The third-order valence-electron chi connectivity index (χ3n) is 6.53. The number of methoxy groups -OCH3 is 1. The quantitative estimate of drug-likeness (QED) is 0.623. The number of aliphatic hydroxyl groups excluding tert-OH is 1. The van der Waals surface area contributed by atoms with Crippen molar-refractivity contribution in [3.63, 3.8) is 0 Å². The fraction of sp³-hybridized carbons (Fsp3) is 0.800. The molecule has 3 aliphatic carbocycles. The minimum atomic E-state index is -0.701. The Hall–Kier alpha value is -1.36. The van der Waals surface area contributed by atoms with Crippen molar-refractivity contribution in [3.05, 3.63) is 12.2 Å². The van der Waals surface area contributed by atoms with Crippen LogP contribution in [0.25, 0.3) is 0 Å². The van der Waals surface area contributed by atoms with Crippen LogP contribution in [0, 0.1) is 41.4 Å². The van der Waals surface area contributed by atoms with Gasteiger partial charge in [-0.05, 0) is 30.6 Å². The first-order valence-electron chi connectivity index (χ1n) is 9.49. The second kappa shape index (κ2) is 7.10. The summed E-state index contributed by atoms with van der Waals surface area (Å²) in [6, 6.07) is 0. The maximum absolute atomic E-state index is 13.0. The summed E-state index contributed by atoms with van der Waals surface area (Å²) in [7, 11) is 1.32. The Kier molecular flexibility index (Phi) is 5.24. The monoisotopic (exact) mass is 350 g/mol. The molecule has 0 saturated heterocycles. The summed E-state index contributed by atoms with van der Waals surface area (Å²) in [5, 5.41) is 10.4. The molecule has 0 amide bonds. The van der Waals surface area contributed by atoms with Crippen LogP contribution in [-0.2, 0) is 19.1 Å². The predicted octanol–water partition coefficient (Wildman–Crippen LogP) is 2.57. The lowest BCUT2D eigenvalue weighted by atomic mass is 9.75. The van der Waals surface area contributed by atoms with Crippen molar-refractivity contribution in [1.29, 1.82) is 0 Å². The lowest BCUT2D eigenvalue weighted by molar-refractivity contribution is -0.168. The van der Waals surface area contributed by atoms with Crippen LogP contribution in [0.5, 0.6) is 0 Å². The van der Waals surface area contributed by atoms with E-state index in [1.54, 1.807) is 0 Å². The van der Waals surface area contributed by atoms with E-state index in [-0.39, 0.29) is 23.9 Å². The summed E-state index contributed by atoms with van der Waals surface area (Å²) >= 11 is 0. The van der Waals surface area contributed by atoms with Gasteiger partial charge < -0.3 is 14.6 Å². The van der Waals surface area contributed by atoms with Gasteiger partial charge in [-0.1, -0.05) is 39.3 Å². The van der Waals surface area contributed by atoms with Crippen LogP contribution in [0.4, 0.5) is 0 Å². The summed E-state index contributed by atoms with van der Waals surface area (Å²) < 4.78 is 10.8. The highest BCUT2D eigenvalue weighted by Crippen LogP contribution is 2.49. The molecular weight excluding hydrogens is 320 g/mol. The summed E-state index contributed by atoms with van der Waals surface area (Å²) in [5.41, 5.74) is 0. The Balaban J connectivity index is 1.77. The van der Waals surface area contributed by atoms with Crippen LogP contribution in [0.15, 0.2) is 12.2 Å². The van der Waals surface area contributed by atoms with Gasteiger partial charge in [-0.25, -0.2) is 0 Å². The highest BCUT2D eigenvalue weighted by Gasteiger charge is 2.58.